The monoisotopic (exact) mass is 266 g/mol. The Morgan fingerprint density at radius 1 is 1.53 bits per heavy atom. The molecule has 1 aromatic rings. The fourth-order valence-corrected chi connectivity index (χ4v) is 2.29. The Hall–Kier alpha value is -1.65. The minimum absolute atomic E-state index is 0.252. The van der Waals surface area contributed by atoms with Gasteiger partial charge >= 0.3 is 6.09 Å². The van der Waals surface area contributed by atoms with E-state index in [9.17, 15) is 9.18 Å². The van der Waals surface area contributed by atoms with Crippen molar-refractivity contribution in [2.75, 3.05) is 6.54 Å². The molecule has 0 spiro atoms. The van der Waals surface area contributed by atoms with Crippen molar-refractivity contribution in [1.82, 2.24) is 9.88 Å². The van der Waals surface area contributed by atoms with Crippen molar-refractivity contribution in [3.63, 3.8) is 0 Å². The van der Waals surface area contributed by atoms with Gasteiger partial charge in [-0.1, -0.05) is 0 Å². The van der Waals surface area contributed by atoms with Gasteiger partial charge in [-0.2, -0.15) is 0 Å². The van der Waals surface area contributed by atoms with Crippen molar-refractivity contribution in [2.24, 2.45) is 0 Å². The molecule has 0 N–H and O–H groups in total. The molecule has 0 unspecified atom stereocenters. The Kier molecular flexibility index (Phi) is 3.73. The number of amides is 1. The summed E-state index contributed by atoms with van der Waals surface area (Å²) < 4.78 is 19.1. The molecule has 1 aromatic heterocycles. The van der Waals surface area contributed by atoms with E-state index in [1.54, 1.807) is 17.2 Å². The zero-order chi connectivity index (χ0) is 14.0. The Morgan fingerprint density at radius 2 is 2.26 bits per heavy atom. The summed E-state index contributed by atoms with van der Waals surface area (Å²) in [6, 6.07) is 1.38. The molecule has 0 saturated carbocycles. The van der Waals surface area contributed by atoms with Crippen molar-refractivity contribution < 1.29 is 13.9 Å². The van der Waals surface area contributed by atoms with Crippen LogP contribution in [0.25, 0.3) is 0 Å². The zero-order valence-electron chi connectivity index (χ0n) is 11.5. The molecule has 2 rings (SSSR count). The van der Waals surface area contributed by atoms with Crippen LogP contribution >= 0.6 is 0 Å². The molecule has 0 radical (unpaired) electrons. The Balaban J connectivity index is 2.18. The fraction of sp³-hybridized carbons (Fsp3) is 0.571. The smallest absolute Gasteiger partial charge is 0.410 e. The molecular formula is C14H19FN2O2. The highest BCUT2D eigenvalue weighted by molar-refractivity contribution is 5.69. The molecule has 1 atom stereocenters. The summed E-state index contributed by atoms with van der Waals surface area (Å²) in [7, 11) is 0. The van der Waals surface area contributed by atoms with Gasteiger partial charge in [-0.3, -0.25) is 4.98 Å². The topological polar surface area (TPSA) is 42.4 Å². The predicted molar refractivity (Wildman–Crippen MR) is 69.1 cm³/mol. The number of halogens is 1. The highest BCUT2D eigenvalue weighted by Gasteiger charge is 2.34. The average Bonchev–Trinajstić information content (AvgIpc) is 2.76. The van der Waals surface area contributed by atoms with E-state index in [1.165, 1.54) is 6.20 Å². The lowest BCUT2D eigenvalue weighted by Crippen LogP contribution is -2.36. The molecule has 1 aliphatic rings. The van der Waals surface area contributed by atoms with Gasteiger partial charge in [0.15, 0.2) is 0 Å². The lowest BCUT2D eigenvalue weighted by Gasteiger charge is -2.28. The molecule has 1 aliphatic heterocycles. The van der Waals surface area contributed by atoms with Gasteiger partial charge in [-0.05, 0) is 39.7 Å². The van der Waals surface area contributed by atoms with Gasteiger partial charge in [0.1, 0.15) is 11.4 Å². The largest absolute Gasteiger partial charge is 0.444 e. The van der Waals surface area contributed by atoms with Crippen LogP contribution in [0.4, 0.5) is 9.18 Å². The van der Waals surface area contributed by atoms with E-state index in [0.29, 0.717) is 12.1 Å². The SMILES string of the molecule is CC(C)(C)OC(=O)N1CCC[C@H]1c1ccncc1F. The van der Waals surface area contributed by atoms with Gasteiger partial charge < -0.3 is 9.64 Å². The van der Waals surface area contributed by atoms with E-state index >= 15 is 0 Å². The van der Waals surface area contributed by atoms with Crippen molar-refractivity contribution in [3.8, 4) is 0 Å². The standard InChI is InChI=1S/C14H19FN2O2/c1-14(2,3)19-13(18)17-8-4-5-12(17)10-6-7-16-9-11(10)15/h6-7,9,12H,4-5,8H2,1-3H3/t12-/m0/s1. The molecule has 1 saturated heterocycles. The molecule has 5 heteroatoms. The van der Waals surface area contributed by atoms with Crippen molar-refractivity contribution >= 4 is 6.09 Å². The van der Waals surface area contributed by atoms with Crippen LogP contribution in [0.2, 0.25) is 0 Å². The lowest BCUT2D eigenvalue weighted by molar-refractivity contribution is 0.0222. The second kappa shape index (κ2) is 5.15. The van der Waals surface area contributed by atoms with Crippen LogP contribution in [0.5, 0.6) is 0 Å². The van der Waals surface area contributed by atoms with Crippen LogP contribution in [0.15, 0.2) is 18.5 Å². The van der Waals surface area contributed by atoms with E-state index in [2.05, 4.69) is 4.98 Å². The normalized spacial score (nSPS) is 19.6. The Bertz CT molecular complexity index is 471. The summed E-state index contributed by atoms with van der Waals surface area (Å²) in [4.78, 5) is 17.5. The van der Waals surface area contributed by atoms with Crippen LogP contribution in [0.1, 0.15) is 45.2 Å². The second-order valence-corrected chi connectivity index (χ2v) is 5.73. The van der Waals surface area contributed by atoms with E-state index in [4.69, 9.17) is 4.74 Å². The first-order valence-electron chi connectivity index (χ1n) is 6.47. The number of hydrogen-bond acceptors (Lipinski definition) is 3. The molecule has 0 aliphatic carbocycles. The molecule has 2 heterocycles. The maximum absolute atomic E-state index is 13.8. The second-order valence-electron chi connectivity index (χ2n) is 5.73. The zero-order valence-corrected chi connectivity index (χ0v) is 11.5. The first-order valence-corrected chi connectivity index (χ1v) is 6.47. The van der Waals surface area contributed by atoms with Crippen LogP contribution in [-0.2, 0) is 4.74 Å². The van der Waals surface area contributed by atoms with Gasteiger partial charge in [0.2, 0.25) is 0 Å². The molecule has 104 valence electrons. The van der Waals surface area contributed by atoms with Crippen molar-refractivity contribution in [3.05, 3.63) is 29.8 Å². The number of carbonyl (C=O) groups is 1. The highest BCUT2D eigenvalue weighted by atomic mass is 19.1. The maximum atomic E-state index is 13.8. The summed E-state index contributed by atoms with van der Waals surface area (Å²) in [5.74, 6) is -0.372. The molecule has 0 bridgehead atoms. The van der Waals surface area contributed by atoms with Crippen LogP contribution < -0.4 is 0 Å². The Morgan fingerprint density at radius 3 is 2.89 bits per heavy atom. The van der Waals surface area contributed by atoms with Crippen LogP contribution in [0.3, 0.4) is 0 Å². The van der Waals surface area contributed by atoms with Crippen LogP contribution in [0, 0.1) is 5.82 Å². The van der Waals surface area contributed by atoms with E-state index in [-0.39, 0.29) is 18.0 Å². The third-order valence-electron chi connectivity index (χ3n) is 3.04. The highest BCUT2D eigenvalue weighted by Crippen LogP contribution is 2.34. The number of ether oxygens (including phenoxy) is 1. The number of pyridine rings is 1. The van der Waals surface area contributed by atoms with Crippen LogP contribution in [-0.4, -0.2) is 28.1 Å². The first-order chi connectivity index (χ1) is 8.88. The minimum Gasteiger partial charge on any atom is -0.444 e. The van der Waals surface area contributed by atoms with Crippen molar-refractivity contribution in [1.29, 1.82) is 0 Å². The van der Waals surface area contributed by atoms with Crippen molar-refractivity contribution in [2.45, 2.75) is 45.3 Å². The summed E-state index contributed by atoms with van der Waals surface area (Å²) in [6.45, 7) is 6.07. The number of aromatic nitrogens is 1. The number of rotatable bonds is 1. The van der Waals surface area contributed by atoms with E-state index in [1.807, 2.05) is 20.8 Å². The number of carbonyl (C=O) groups excluding carboxylic acids is 1. The predicted octanol–water partition coefficient (Wildman–Crippen LogP) is 3.29. The van der Waals surface area contributed by atoms with Gasteiger partial charge in [0.05, 0.1) is 12.2 Å². The minimum atomic E-state index is -0.541. The number of likely N-dealkylation sites (tertiary alicyclic amines) is 1. The summed E-state index contributed by atoms with van der Waals surface area (Å²) in [6.07, 6.45) is 3.95. The number of nitrogens with zero attached hydrogens (tertiary/aromatic N) is 2. The van der Waals surface area contributed by atoms with E-state index < -0.39 is 5.60 Å². The molecule has 1 amide bonds. The van der Waals surface area contributed by atoms with Gasteiger partial charge in [-0.15, -0.1) is 0 Å². The lowest BCUT2D eigenvalue weighted by atomic mass is 10.1. The molecule has 0 aromatic carbocycles. The van der Waals surface area contributed by atoms with Gasteiger partial charge in [-0.25, -0.2) is 9.18 Å². The first kappa shape index (κ1) is 13.8. The molecular weight excluding hydrogens is 247 g/mol. The summed E-state index contributed by atoms with van der Waals surface area (Å²) in [5, 5.41) is 0. The Labute approximate surface area is 112 Å². The fourth-order valence-electron chi connectivity index (χ4n) is 2.29. The summed E-state index contributed by atoms with van der Waals surface area (Å²) >= 11 is 0. The third kappa shape index (κ3) is 3.22. The molecule has 1 fully saturated rings. The quantitative estimate of drug-likeness (QED) is 0.783. The molecule has 19 heavy (non-hydrogen) atoms. The molecule has 4 nitrogen and oxygen atoms in total. The maximum Gasteiger partial charge on any atom is 0.410 e. The number of hydrogen-bond donors (Lipinski definition) is 0. The third-order valence-corrected chi connectivity index (χ3v) is 3.04. The van der Waals surface area contributed by atoms with E-state index in [0.717, 1.165) is 12.8 Å². The van der Waals surface area contributed by atoms with Gasteiger partial charge in [0, 0.05) is 18.3 Å². The average molecular weight is 266 g/mol. The van der Waals surface area contributed by atoms with Gasteiger partial charge in [0.25, 0.3) is 0 Å². The summed E-state index contributed by atoms with van der Waals surface area (Å²) in [5.41, 5.74) is -0.0283.